The van der Waals surface area contributed by atoms with E-state index < -0.39 is 27.4 Å². The molecule has 0 heterocycles. The standard InChI is InChI=1S/C13H16F3NO3S/c1-12(18,9-2-3-9)8-17-21(19,20)11-6-4-10(5-7-11)13(14,15)16/h4-7,9,17-18H,2-3,8H2,1H3. The van der Waals surface area contributed by atoms with Gasteiger partial charge in [0.05, 0.1) is 16.1 Å². The van der Waals surface area contributed by atoms with Crippen molar-refractivity contribution in [2.45, 2.75) is 36.4 Å². The maximum absolute atomic E-state index is 12.4. The third-order valence-corrected chi connectivity index (χ3v) is 4.99. The van der Waals surface area contributed by atoms with E-state index in [9.17, 15) is 26.7 Å². The molecular formula is C13H16F3NO3S. The highest BCUT2D eigenvalue weighted by molar-refractivity contribution is 7.89. The lowest BCUT2D eigenvalue weighted by molar-refractivity contribution is -0.137. The Hall–Kier alpha value is -1.12. The lowest BCUT2D eigenvalue weighted by Gasteiger charge is -2.23. The van der Waals surface area contributed by atoms with Gasteiger partial charge in [-0.05, 0) is 49.9 Å². The molecule has 1 aromatic carbocycles. The number of nitrogens with one attached hydrogen (secondary N) is 1. The van der Waals surface area contributed by atoms with Gasteiger partial charge in [-0.1, -0.05) is 0 Å². The summed E-state index contributed by atoms with van der Waals surface area (Å²) in [5, 5.41) is 10.0. The summed E-state index contributed by atoms with van der Waals surface area (Å²) in [6, 6.07) is 3.23. The van der Waals surface area contributed by atoms with Gasteiger partial charge in [0, 0.05) is 6.54 Å². The van der Waals surface area contributed by atoms with Crippen molar-refractivity contribution >= 4 is 10.0 Å². The topological polar surface area (TPSA) is 66.4 Å². The van der Waals surface area contributed by atoms with E-state index >= 15 is 0 Å². The molecule has 8 heteroatoms. The fourth-order valence-electron chi connectivity index (χ4n) is 2.00. The minimum atomic E-state index is -4.51. The van der Waals surface area contributed by atoms with Crippen molar-refractivity contribution in [2.24, 2.45) is 5.92 Å². The van der Waals surface area contributed by atoms with Crippen LogP contribution in [0, 0.1) is 5.92 Å². The van der Waals surface area contributed by atoms with Gasteiger partial charge in [-0.2, -0.15) is 13.2 Å². The second kappa shape index (κ2) is 5.26. The molecule has 0 bridgehead atoms. The molecule has 1 saturated carbocycles. The Morgan fingerprint density at radius 1 is 1.24 bits per heavy atom. The van der Waals surface area contributed by atoms with Gasteiger partial charge in [0.2, 0.25) is 10.0 Å². The van der Waals surface area contributed by atoms with Gasteiger partial charge in [0.1, 0.15) is 0 Å². The van der Waals surface area contributed by atoms with Crippen molar-refractivity contribution in [2.75, 3.05) is 6.54 Å². The zero-order valence-corrected chi connectivity index (χ0v) is 12.1. The molecule has 118 valence electrons. The van der Waals surface area contributed by atoms with E-state index in [1.807, 2.05) is 0 Å². The molecule has 2 N–H and O–H groups in total. The highest BCUT2D eigenvalue weighted by Crippen LogP contribution is 2.39. The summed E-state index contributed by atoms with van der Waals surface area (Å²) in [7, 11) is -3.94. The third kappa shape index (κ3) is 3.96. The summed E-state index contributed by atoms with van der Waals surface area (Å²) in [6.07, 6.45) is -2.82. The van der Waals surface area contributed by atoms with E-state index in [1.54, 1.807) is 6.92 Å². The van der Waals surface area contributed by atoms with Gasteiger partial charge in [0.15, 0.2) is 0 Å². The Balaban J connectivity index is 2.09. The predicted octanol–water partition coefficient (Wildman–Crippen LogP) is 2.14. The molecular weight excluding hydrogens is 307 g/mol. The van der Waals surface area contributed by atoms with Gasteiger partial charge in [-0.25, -0.2) is 13.1 Å². The van der Waals surface area contributed by atoms with Crippen LogP contribution in [0.25, 0.3) is 0 Å². The second-order valence-electron chi connectivity index (χ2n) is 5.48. The molecule has 2 rings (SSSR count). The number of halogens is 3. The minimum Gasteiger partial charge on any atom is -0.389 e. The van der Waals surface area contributed by atoms with Crippen molar-refractivity contribution in [3.63, 3.8) is 0 Å². The van der Waals surface area contributed by atoms with E-state index in [4.69, 9.17) is 0 Å². The number of alkyl halides is 3. The molecule has 1 aromatic rings. The van der Waals surface area contributed by atoms with Crippen molar-refractivity contribution in [3.05, 3.63) is 29.8 Å². The molecule has 0 radical (unpaired) electrons. The molecule has 0 aliphatic heterocycles. The van der Waals surface area contributed by atoms with E-state index in [-0.39, 0.29) is 17.4 Å². The molecule has 1 fully saturated rings. The molecule has 0 spiro atoms. The van der Waals surface area contributed by atoms with Gasteiger partial charge in [0.25, 0.3) is 0 Å². The molecule has 0 saturated heterocycles. The average Bonchev–Trinajstić information content (AvgIpc) is 3.20. The van der Waals surface area contributed by atoms with Crippen LogP contribution < -0.4 is 4.72 Å². The van der Waals surface area contributed by atoms with Crippen LogP contribution in [-0.4, -0.2) is 25.7 Å². The Bertz CT molecular complexity index is 605. The summed E-state index contributed by atoms with van der Waals surface area (Å²) in [6.45, 7) is 1.38. The van der Waals surface area contributed by atoms with E-state index in [0.717, 1.165) is 25.0 Å². The Morgan fingerprint density at radius 3 is 2.19 bits per heavy atom. The smallest absolute Gasteiger partial charge is 0.389 e. The molecule has 0 amide bonds. The average molecular weight is 323 g/mol. The zero-order valence-electron chi connectivity index (χ0n) is 11.3. The largest absolute Gasteiger partial charge is 0.416 e. The number of rotatable bonds is 5. The predicted molar refractivity (Wildman–Crippen MR) is 70.0 cm³/mol. The summed E-state index contributed by atoms with van der Waals surface area (Å²) >= 11 is 0. The highest BCUT2D eigenvalue weighted by atomic mass is 32.2. The summed E-state index contributed by atoms with van der Waals surface area (Å²) in [4.78, 5) is -0.262. The Labute approximate surface area is 121 Å². The molecule has 0 aromatic heterocycles. The number of benzene rings is 1. The van der Waals surface area contributed by atoms with E-state index in [0.29, 0.717) is 12.1 Å². The lowest BCUT2D eigenvalue weighted by atomic mass is 10.0. The second-order valence-corrected chi connectivity index (χ2v) is 7.25. The fraction of sp³-hybridized carbons (Fsp3) is 0.538. The first-order valence-corrected chi connectivity index (χ1v) is 7.90. The molecule has 1 aliphatic carbocycles. The maximum atomic E-state index is 12.4. The van der Waals surface area contributed by atoms with Gasteiger partial charge < -0.3 is 5.11 Å². The van der Waals surface area contributed by atoms with Crippen molar-refractivity contribution in [1.29, 1.82) is 0 Å². The van der Waals surface area contributed by atoms with Crippen LogP contribution >= 0.6 is 0 Å². The monoisotopic (exact) mass is 323 g/mol. The Morgan fingerprint density at radius 2 is 1.76 bits per heavy atom. The zero-order chi connectivity index (χ0) is 15.9. The molecule has 4 nitrogen and oxygen atoms in total. The summed E-state index contributed by atoms with van der Waals surface area (Å²) < 4.78 is 63.4. The van der Waals surface area contributed by atoms with Crippen molar-refractivity contribution < 1.29 is 26.7 Å². The number of aliphatic hydroxyl groups is 1. The first-order chi connectivity index (χ1) is 9.52. The summed E-state index contributed by atoms with van der Waals surface area (Å²) in [5.74, 6) is 0.0628. The third-order valence-electron chi connectivity index (χ3n) is 3.57. The van der Waals surface area contributed by atoms with E-state index in [1.165, 1.54) is 0 Å². The first kappa shape index (κ1) is 16.3. The van der Waals surface area contributed by atoms with E-state index in [2.05, 4.69) is 4.72 Å². The van der Waals surface area contributed by atoms with Gasteiger partial charge in [-0.15, -0.1) is 0 Å². The number of hydrogen-bond donors (Lipinski definition) is 2. The lowest BCUT2D eigenvalue weighted by Crippen LogP contribution is -2.42. The molecule has 1 unspecified atom stereocenters. The SMILES string of the molecule is CC(O)(CNS(=O)(=O)c1ccc(C(F)(F)F)cc1)C1CC1. The maximum Gasteiger partial charge on any atom is 0.416 e. The van der Waals surface area contributed by atoms with Crippen LogP contribution in [0.5, 0.6) is 0 Å². The quantitative estimate of drug-likeness (QED) is 0.872. The summed E-state index contributed by atoms with van der Waals surface area (Å²) in [5.41, 5.74) is -2.05. The van der Waals surface area contributed by atoms with Crippen molar-refractivity contribution in [1.82, 2.24) is 4.72 Å². The van der Waals surface area contributed by atoms with Crippen LogP contribution in [0.1, 0.15) is 25.3 Å². The number of sulfonamides is 1. The highest BCUT2D eigenvalue weighted by Gasteiger charge is 2.40. The number of hydrogen-bond acceptors (Lipinski definition) is 3. The van der Waals surface area contributed by atoms with Crippen LogP contribution in [0.2, 0.25) is 0 Å². The van der Waals surface area contributed by atoms with Gasteiger partial charge in [-0.3, -0.25) is 0 Å². The molecule has 1 atom stereocenters. The fourth-order valence-corrected chi connectivity index (χ4v) is 3.14. The normalized spacial score (nSPS) is 19.3. The van der Waals surface area contributed by atoms with Gasteiger partial charge >= 0.3 is 6.18 Å². The van der Waals surface area contributed by atoms with Crippen molar-refractivity contribution in [3.8, 4) is 0 Å². The van der Waals surface area contributed by atoms with Crippen LogP contribution in [0.4, 0.5) is 13.2 Å². The van der Waals surface area contributed by atoms with Crippen LogP contribution in [-0.2, 0) is 16.2 Å². The first-order valence-electron chi connectivity index (χ1n) is 6.42. The van der Waals surface area contributed by atoms with Crippen LogP contribution in [0.3, 0.4) is 0 Å². The molecule has 21 heavy (non-hydrogen) atoms. The van der Waals surface area contributed by atoms with Crippen LogP contribution in [0.15, 0.2) is 29.2 Å². The minimum absolute atomic E-state index is 0.0628. The molecule has 1 aliphatic rings. The Kier molecular flexibility index (Phi) is 4.07.